The van der Waals surface area contributed by atoms with E-state index in [1.165, 1.54) is 0 Å². The number of esters is 1. The smallest absolute Gasteiger partial charge is 0.331 e. The second kappa shape index (κ2) is 6.06. The summed E-state index contributed by atoms with van der Waals surface area (Å²) in [7, 11) is 0. The highest BCUT2D eigenvalue weighted by atomic mass is 16.7. The minimum atomic E-state index is -1.39. The first kappa shape index (κ1) is 13.9. The summed E-state index contributed by atoms with van der Waals surface area (Å²) < 4.78 is 15.1. The molecular weight excluding hydrogens is 262 g/mol. The lowest BCUT2D eigenvalue weighted by atomic mass is 9.99. The minimum absolute atomic E-state index is 0.0340. The van der Waals surface area contributed by atoms with Crippen molar-refractivity contribution in [1.82, 2.24) is 0 Å². The molecule has 0 saturated carbocycles. The average molecular weight is 275 g/mol. The van der Waals surface area contributed by atoms with Crippen molar-refractivity contribution in [1.29, 1.82) is 5.26 Å². The predicted molar refractivity (Wildman–Crippen MR) is 67.0 cm³/mol. The first-order chi connectivity index (χ1) is 9.65. The quantitative estimate of drug-likeness (QED) is 0.593. The van der Waals surface area contributed by atoms with Crippen molar-refractivity contribution in [2.45, 2.75) is 13.3 Å². The molecule has 0 spiro atoms. The van der Waals surface area contributed by atoms with E-state index in [0.717, 1.165) is 0 Å². The first-order valence-electron chi connectivity index (χ1n) is 6.13. The van der Waals surface area contributed by atoms with Crippen LogP contribution in [-0.4, -0.2) is 25.2 Å². The number of rotatable bonds is 5. The fourth-order valence-electron chi connectivity index (χ4n) is 1.84. The third-order valence-electron chi connectivity index (χ3n) is 2.79. The zero-order valence-corrected chi connectivity index (χ0v) is 10.9. The van der Waals surface area contributed by atoms with Gasteiger partial charge in [-0.15, -0.1) is 0 Å². The summed E-state index contributed by atoms with van der Waals surface area (Å²) >= 11 is 0. The van der Waals surface area contributed by atoms with Crippen molar-refractivity contribution in [3.8, 4) is 17.6 Å². The number of Topliss-reactive ketones (excluding diaryl/α,β-unsaturated/α-hetero) is 1. The van der Waals surface area contributed by atoms with Crippen molar-refractivity contribution < 1.29 is 23.8 Å². The van der Waals surface area contributed by atoms with E-state index in [0.29, 0.717) is 17.1 Å². The van der Waals surface area contributed by atoms with Crippen LogP contribution in [0.3, 0.4) is 0 Å². The van der Waals surface area contributed by atoms with E-state index in [1.807, 2.05) is 0 Å². The van der Waals surface area contributed by atoms with Crippen LogP contribution in [0.25, 0.3) is 0 Å². The summed E-state index contributed by atoms with van der Waals surface area (Å²) in [5.41, 5.74) is 0.656. The molecule has 1 atom stereocenters. The molecule has 0 bridgehead atoms. The van der Waals surface area contributed by atoms with Gasteiger partial charge in [-0.05, 0) is 24.6 Å². The highest BCUT2D eigenvalue weighted by Crippen LogP contribution is 2.32. The molecule has 0 N–H and O–H groups in total. The Morgan fingerprint density at radius 2 is 2.15 bits per heavy atom. The van der Waals surface area contributed by atoms with Crippen molar-refractivity contribution >= 4 is 11.8 Å². The van der Waals surface area contributed by atoms with Crippen LogP contribution in [0.1, 0.15) is 12.5 Å². The molecule has 104 valence electrons. The SMILES string of the molecule is CCOC(=O)C(C#N)C(=O)Cc1ccc2c(c1)OCO2. The van der Waals surface area contributed by atoms with Crippen LogP contribution in [0.4, 0.5) is 0 Å². The third-order valence-corrected chi connectivity index (χ3v) is 2.79. The molecule has 0 amide bonds. The molecule has 6 heteroatoms. The number of carbonyl (C=O) groups excluding carboxylic acids is 2. The molecule has 1 heterocycles. The number of carbonyl (C=O) groups is 2. The van der Waals surface area contributed by atoms with Gasteiger partial charge in [0.25, 0.3) is 0 Å². The van der Waals surface area contributed by atoms with E-state index in [-0.39, 0.29) is 19.8 Å². The first-order valence-corrected chi connectivity index (χ1v) is 6.13. The second-order valence-electron chi connectivity index (χ2n) is 4.14. The van der Waals surface area contributed by atoms with E-state index in [1.54, 1.807) is 31.2 Å². The fourth-order valence-corrected chi connectivity index (χ4v) is 1.84. The van der Waals surface area contributed by atoms with Crippen LogP contribution >= 0.6 is 0 Å². The number of hydrogen-bond acceptors (Lipinski definition) is 6. The van der Waals surface area contributed by atoms with E-state index in [2.05, 4.69) is 0 Å². The Kier molecular flexibility index (Phi) is 4.20. The topological polar surface area (TPSA) is 85.6 Å². The van der Waals surface area contributed by atoms with Crippen LogP contribution in [0, 0.1) is 17.2 Å². The van der Waals surface area contributed by atoms with Crippen molar-refractivity contribution in [2.24, 2.45) is 5.92 Å². The number of benzene rings is 1. The number of hydrogen-bond donors (Lipinski definition) is 0. The Bertz CT molecular complexity index is 575. The zero-order chi connectivity index (χ0) is 14.5. The maximum atomic E-state index is 12.0. The van der Waals surface area contributed by atoms with Gasteiger partial charge in [0, 0.05) is 6.42 Å². The lowest BCUT2D eigenvalue weighted by Gasteiger charge is -2.08. The lowest BCUT2D eigenvalue weighted by Crippen LogP contribution is -2.26. The Morgan fingerprint density at radius 1 is 1.40 bits per heavy atom. The van der Waals surface area contributed by atoms with Gasteiger partial charge < -0.3 is 14.2 Å². The average Bonchev–Trinajstić information content (AvgIpc) is 2.87. The van der Waals surface area contributed by atoms with Gasteiger partial charge in [0.05, 0.1) is 12.7 Å². The highest BCUT2D eigenvalue weighted by molar-refractivity contribution is 6.02. The Balaban J connectivity index is 2.07. The van der Waals surface area contributed by atoms with Crippen LogP contribution in [0.2, 0.25) is 0 Å². The molecule has 0 aliphatic carbocycles. The highest BCUT2D eigenvalue weighted by Gasteiger charge is 2.28. The van der Waals surface area contributed by atoms with Crippen LogP contribution in [0.5, 0.6) is 11.5 Å². The van der Waals surface area contributed by atoms with Gasteiger partial charge in [-0.1, -0.05) is 6.07 Å². The maximum absolute atomic E-state index is 12.0. The number of nitriles is 1. The molecule has 6 nitrogen and oxygen atoms in total. The van der Waals surface area contributed by atoms with Gasteiger partial charge >= 0.3 is 5.97 Å². The molecule has 2 rings (SSSR count). The van der Waals surface area contributed by atoms with Gasteiger partial charge in [0.2, 0.25) is 12.7 Å². The molecule has 0 saturated heterocycles. The summed E-state index contributed by atoms with van der Waals surface area (Å²) in [6.45, 7) is 1.90. The zero-order valence-electron chi connectivity index (χ0n) is 10.9. The monoisotopic (exact) mass is 275 g/mol. The van der Waals surface area contributed by atoms with Crippen molar-refractivity contribution in [2.75, 3.05) is 13.4 Å². The molecule has 20 heavy (non-hydrogen) atoms. The standard InChI is InChI=1S/C14H13NO5/c1-2-18-14(17)10(7-15)11(16)5-9-3-4-12-13(6-9)20-8-19-12/h3-4,6,10H,2,5,8H2,1H3. The molecule has 1 aliphatic heterocycles. The van der Waals surface area contributed by atoms with E-state index in [4.69, 9.17) is 19.5 Å². The number of nitrogens with zero attached hydrogens (tertiary/aromatic N) is 1. The Morgan fingerprint density at radius 3 is 2.85 bits per heavy atom. The Labute approximate surface area is 115 Å². The summed E-state index contributed by atoms with van der Waals surface area (Å²) in [5.74, 6) is -1.52. The lowest BCUT2D eigenvalue weighted by molar-refractivity contribution is -0.149. The molecule has 0 radical (unpaired) electrons. The minimum Gasteiger partial charge on any atom is -0.465 e. The maximum Gasteiger partial charge on any atom is 0.331 e. The Hall–Kier alpha value is -2.55. The fraction of sp³-hybridized carbons (Fsp3) is 0.357. The van der Waals surface area contributed by atoms with Crippen molar-refractivity contribution in [3.05, 3.63) is 23.8 Å². The summed E-state index contributed by atoms with van der Waals surface area (Å²) in [6, 6.07) is 6.74. The molecule has 0 aromatic heterocycles. The molecule has 1 unspecified atom stereocenters. The second-order valence-corrected chi connectivity index (χ2v) is 4.14. The largest absolute Gasteiger partial charge is 0.465 e. The molecule has 1 aromatic carbocycles. The van der Waals surface area contributed by atoms with E-state index < -0.39 is 17.7 Å². The van der Waals surface area contributed by atoms with Crippen LogP contribution < -0.4 is 9.47 Å². The predicted octanol–water partition coefficient (Wildman–Crippen LogP) is 1.23. The van der Waals surface area contributed by atoms with Gasteiger partial charge in [-0.25, -0.2) is 0 Å². The summed E-state index contributed by atoms with van der Waals surface area (Å²) in [4.78, 5) is 23.4. The number of ketones is 1. The summed E-state index contributed by atoms with van der Waals surface area (Å²) in [6.07, 6.45) is -0.0340. The van der Waals surface area contributed by atoms with Crippen LogP contribution in [0.15, 0.2) is 18.2 Å². The van der Waals surface area contributed by atoms with E-state index >= 15 is 0 Å². The summed E-state index contributed by atoms with van der Waals surface area (Å²) in [5, 5.41) is 8.91. The van der Waals surface area contributed by atoms with Gasteiger partial charge in [0.1, 0.15) is 0 Å². The third kappa shape index (κ3) is 2.88. The molecule has 1 aromatic rings. The molecule has 1 aliphatic rings. The normalized spacial score (nSPS) is 13.4. The van der Waals surface area contributed by atoms with Gasteiger partial charge in [-0.3, -0.25) is 9.59 Å². The van der Waals surface area contributed by atoms with Crippen molar-refractivity contribution in [3.63, 3.8) is 0 Å². The van der Waals surface area contributed by atoms with Gasteiger partial charge in [0.15, 0.2) is 17.3 Å². The van der Waals surface area contributed by atoms with E-state index in [9.17, 15) is 9.59 Å². The molecular formula is C14H13NO5. The van der Waals surface area contributed by atoms with Gasteiger partial charge in [-0.2, -0.15) is 5.26 Å². The number of ether oxygens (including phenoxy) is 3. The molecule has 0 fully saturated rings. The van der Waals surface area contributed by atoms with Crippen LogP contribution in [-0.2, 0) is 20.7 Å². The number of fused-ring (bicyclic) bond motifs is 1.